The summed E-state index contributed by atoms with van der Waals surface area (Å²) >= 11 is 0. The fraction of sp³-hybridized carbons (Fsp3) is 0.235. The maximum Gasteiger partial charge on any atom is 0.162 e. The molecule has 1 aliphatic rings. The fourth-order valence-corrected chi connectivity index (χ4v) is 2.57. The Morgan fingerprint density at radius 1 is 0.900 bits per heavy atom. The second kappa shape index (κ2) is 5.37. The van der Waals surface area contributed by atoms with Gasteiger partial charge >= 0.3 is 0 Å². The smallest absolute Gasteiger partial charge is 0.162 e. The van der Waals surface area contributed by atoms with E-state index in [1.165, 1.54) is 11.1 Å². The highest BCUT2D eigenvalue weighted by Gasteiger charge is 2.16. The largest absolute Gasteiger partial charge is 0.493 e. The first kappa shape index (κ1) is 12.7. The van der Waals surface area contributed by atoms with Gasteiger partial charge in [0.25, 0.3) is 0 Å². The van der Waals surface area contributed by atoms with Gasteiger partial charge in [0.1, 0.15) is 0 Å². The van der Waals surface area contributed by atoms with E-state index in [2.05, 4.69) is 24.3 Å². The molecule has 0 atom stereocenters. The molecule has 0 fully saturated rings. The number of fused-ring (bicyclic) bond motifs is 1. The number of rotatable bonds is 3. The van der Waals surface area contributed by atoms with Crippen LogP contribution in [0.15, 0.2) is 47.5 Å². The summed E-state index contributed by atoms with van der Waals surface area (Å²) in [7, 11) is 3.27. The van der Waals surface area contributed by atoms with Crippen LogP contribution in [0.5, 0.6) is 11.5 Å². The summed E-state index contributed by atoms with van der Waals surface area (Å²) < 4.78 is 10.6. The van der Waals surface area contributed by atoms with Gasteiger partial charge in [-0.1, -0.05) is 24.3 Å². The first-order chi connectivity index (χ1) is 9.81. The van der Waals surface area contributed by atoms with Crippen molar-refractivity contribution in [2.45, 2.75) is 12.8 Å². The SMILES string of the molecule is COc1ccc(N=C2CCc3ccccc32)cc1OC. The summed E-state index contributed by atoms with van der Waals surface area (Å²) in [6.45, 7) is 0. The maximum absolute atomic E-state index is 5.32. The van der Waals surface area contributed by atoms with Crippen molar-refractivity contribution in [2.75, 3.05) is 14.2 Å². The predicted octanol–water partition coefficient (Wildman–Crippen LogP) is 3.77. The van der Waals surface area contributed by atoms with Gasteiger partial charge in [-0.2, -0.15) is 0 Å². The van der Waals surface area contributed by atoms with Crippen LogP contribution in [0.1, 0.15) is 17.5 Å². The molecule has 0 N–H and O–H groups in total. The monoisotopic (exact) mass is 267 g/mol. The molecule has 0 aromatic heterocycles. The molecule has 2 aromatic carbocycles. The third-order valence-electron chi connectivity index (χ3n) is 3.59. The molecular formula is C17H17NO2. The molecule has 0 spiro atoms. The quantitative estimate of drug-likeness (QED) is 0.847. The van der Waals surface area contributed by atoms with Gasteiger partial charge in [0.05, 0.1) is 19.9 Å². The lowest BCUT2D eigenvalue weighted by Crippen LogP contribution is -1.94. The number of benzene rings is 2. The molecule has 0 heterocycles. The van der Waals surface area contributed by atoms with Gasteiger partial charge < -0.3 is 9.47 Å². The number of aryl methyl sites for hydroxylation is 1. The average molecular weight is 267 g/mol. The third-order valence-corrected chi connectivity index (χ3v) is 3.59. The van der Waals surface area contributed by atoms with Crippen LogP contribution < -0.4 is 9.47 Å². The molecule has 0 aliphatic heterocycles. The van der Waals surface area contributed by atoms with Crippen LogP contribution in [0, 0.1) is 0 Å². The van der Waals surface area contributed by atoms with Gasteiger partial charge in [-0.25, -0.2) is 0 Å². The van der Waals surface area contributed by atoms with Crippen LogP contribution in [0.3, 0.4) is 0 Å². The topological polar surface area (TPSA) is 30.8 Å². The third kappa shape index (κ3) is 2.27. The molecule has 0 saturated carbocycles. The molecule has 20 heavy (non-hydrogen) atoms. The molecule has 3 rings (SSSR count). The van der Waals surface area contributed by atoms with E-state index in [1.807, 2.05) is 18.2 Å². The molecule has 3 nitrogen and oxygen atoms in total. The van der Waals surface area contributed by atoms with Crippen molar-refractivity contribution in [2.24, 2.45) is 4.99 Å². The van der Waals surface area contributed by atoms with E-state index in [-0.39, 0.29) is 0 Å². The molecule has 0 unspecified atom stereocenters. The molecule has 0 radical (unpaired) electrons. The molecule has 0 saturated heterocycles. The normalized spacial score (nSPS) is 15.2. The Labute approximate surface area is 118 Å². The summed E-state index contributed by atoms with van der Waals surface area (Å²) in [5, 5.41) is 0. The van der Waals surface area contributed by atoms with E-state index >= 15 is 0 Å². The van der Waals surface area contributed by atoms with Gasteiger partial charge in [0.2, 0.25) is 0 Å². The highest BCUT2D eigenvalue weighted by atomic mass is 16.5. The highest BCUT2D eigenvalue weighted by Crippen LogP contribution is 2.32. The Kier molecular flexibility index (Phi) is 3.42. The Balaban J connectivity index is 1.97. The lowest BCUT2D eigenvalue weighted by Gasteiger charge is -2.08. The minimum Gasteiger partial charge on any atom is -0.493 e. The predicted molar refractivity (Wildman–Crippen MR) is 80.5 cm³/mol. The van der Waals surface area contributed by atoms with E-state index in [4.69, 9.17) is 14.5 Å². The number of nitrogens with zero attached hydrogens (tertiary/aromatic N) is 1. The summed E-state index contributed by atoms with van der Waals surface area (Å²) in [6.07, 6.45) is 2.07. The van der Waals surface area contributed by atoms with Crippen LogP contribution in [0.2, 0.25) is 0 Å². The van der Waals surface area contributed by atoms with Gasteiger partial charge in [-0.05, 0) is 36.1 Å². The van der Waals surface area contributed by atoms with Crippen molar-refractivity contribution in [1.29, 1.82) is 0 Å². The summed E-state index contributed by atoms with van der Waals surface area (Å²) in [5.41, 5.74) is 4.69. The Bertz CT molecular complexity index is 662. The van der Waals surface area contributed by atoms with Crippen molar-refractivity contribution < 1.29 is 9.47 Å². The zero-order valence-electron chi connectivity index (χ0n) is 11.7. The summed E-state index contributed by atoms with van der Waals surface area (Å²) in [5.74, 6) is 1.43. The van der Waals surface area contributed by atoms with Gasteiger partial charge in [0, 0.05) is 11.8 Å². The van der Waals surface area contributed by atoms with E-state index < -0.39 is 0 Å². The molecule has 1 aliphatic carbocycles. The first-order valence-corrected chi connectivity index (χ1v) is 6.69. The number of hydrogen-bond acceptors (Lipinski definition) is 3. The van der Waals surface area contributed by atoms with Gasteiger partial charge in [-0.15, -0.1) is 0 Å². The molecule has 0 bridgehead atoms. The maximum atomic E-state index is 5.32. The average Bonchev–Trinajstić information content (AvgIpc) is 2.90. The summed E-state index contributed by atoms with van der Waals surface area (Å²) in [4.78, 5) is 4.76. The molecule has 3 heteroatoms. The lowest BCUT2D eigenvalue weighted by atomic mass is 10.1. The second-order valence-electron chi connectivity index (χ2n) is 4.75. The van der Waals surface area contributed by atoms with Crippen LogP contribution in [-0.2, 0) is 6.42 Å². The minimum atomic E-state index is 0.709. The van der Waals surface area contributed by atoms with Crippen molar-refractivity contribution in [3.63, 3.8) is 0 Å². The number of aliphatic imine (C=N–C) groups is 1. The highest BCUT2D eigenvalue weighted by molar-refractivity contribution is 6.05. The number of hydrogen-bond donors (Lipinski definition) is 0. The van der Waals surface area contributed by atoms with Crippen molar-refractivity contribution in [1.82, 2.24) is 0 Å². The van der Waals surface area contributed by atoms with E-state index in [0.717, 1.165) is 30.0 Å². The Hall–Kier alpha value is -2.29. The first-order valence-electron chi connectivity index (χ1n) is 6.69. The van der Waals surface area contributed by atoms with Gasteiger partial charge in [0.15, 0.2) is 11.5 Å². The standard InChI is InChI=1S/C17H17NO2/c1-19-16-10-8-13(11-17(16)20-2)18-15-9-7-12-5-3-4-6-14(12)15/h3-6,8,10-11H,7,9H2,1-2H3. The fourth-order valence-electron chi connectivity index (χ4n) is 2.57. The zero-order valence-corrected chi connectivity index (χ0v) is 11.7. The molecular weight excluding hydrogens is 250 g/mol. The molecule has 0 amide bonds. The van der Waals surface area contributed by atoms with Crippen molar-refractivity contribution in [3.05, 3.63) is 53.6 Å². The van der Waals surface area contributed by atoms with Crippen LogP contribution in [0.25, 0.3) is 0 Å². The molecule has 102 valence electrons. The van der Waals surface area contributed by atoms with E-state index in [9.17, 15) is 0 Å². The second-order valence-corrected chi connectivity index (χ2v) is 4.75. The van der Waals surface area contributed by atoms with E-state index in [0.29, 0.717) is 5.75 Å². The van der Waals surface area contributed by atoms with Crippen molar-refractivity contribution in [3.8, 4) is 11.5 Å². The van der Waals surface area contributed by atoms with Gasteiger partial charge in [-0.3, -0.25) is 4.99 Å². The lowest BCUT2D eigenvalue weighted by molar-refractivity contribution is 0.355. The zero-order chi connectivity index (χ0) is 13.9. The Morgan fingerprint density at radius 2 is 1.70 bits per heavy atom. The molecule has 2 aromatic rings. The van der Waals surface area contributed by atoms with Crippen molar-refractivity contribution >= 4 is 11.4 Å². The minimum absolute atomic E-state index is 0.709. The van der Waals surface area contributed by atoms with Crippen LogP contribution >= 0.6 is 0 Å². The van der Waals surface area contributed by atoms with Crippen LogP contribution in [0.4, 0.5) is 5.69 Å². The van der Waals surface area contributed by atoms with E-state index in [1.54, 1.807) is 14.2 Å². The summed E-state index contributed by atoms with van der Waals surface area (Å²) in [6, 6.07) is 14.2. The number of methoxy groups -OCH3 is 2. The number of ether oxygens (including phenoxy) is 2. The van der Waals surface area contributed by atoms with Crippen LogP contribution in [-0.4, -0.2) is 19.9 Å². The Morgan fingerprint density at radius 3 is 2.50 bits per heavy atom.